The SMILES string of the molecule is CC(C)C(=NO)C(C)([SiH3])Cc1ccccc1.CC(C)C(=NO)C(C)C.CC(C)C(=NO)C(C)C. The van der Waals surface area contributed by atoms with Gasteiger partial charge in [-0.1, -0.05) is 122 Å². The van der Waals surface area contributed by atoms with E-state index in [-0.39, 0.29) is 5.04 Å². The highest BCUT2D eigenvalue weighted by atomic mass is 28.1. The van der Waals surface area contributed by atoms with Crippen LogP contribution in [0.25, 0.3) is 0 Å². The molecule has 3 N–H and O–H groups in total. The molecule has 6 nitrogen and oxygen atoms in total. The Kier molecular flexibility index (Phi) is 17.3. The minimum atomic E-state index is 0.0320. The second-order valence-corrected chi connectivity index (χ2v) is 13.1. The molecule has 196 valence electrons. The summed E-state index contributed by atoms with van der Waals surface area (Å²) < 4.78 is 0. The Morgan fingerprint density at radius 2 is 1.03 bits per heavy atom. The summed E-state index contributed by atoms with van der Waals surface area (Å²) in [6, 6.07) is 10.4. The highest BCUT2D eigenvalue weighted by molar-refractivity contribution is 6.29. The van der Waals surface area contributed by atoms with Crippen molar-refractivity contribution in [1.82, 2.24) is 0 Å². The maximum atomic E-state index is 9.12. The summed E-state index contributed by atoms with van der Waals surface area (Å²) in [5, 5.41) is 36.0. The summed E-state index contributed by atoms with van der Waals surface area (Å²) in [5.74, 6) is 1.73. The molecule has 0 aliphatic carbocycles. The fraction of sp³-hybridized carbons (Fsp3) is 0.667. The van der Waals surface area contributed by atoms with Gasteiger partial charge in [0.2, 0.25) is 0 Å². The predicted molar refractivity (Wildman–Crippen MR) is 150 cm³/mol. The quantitative estimate of drug-likeness (QED) is 0.166. The van der Waals surface area contributed by atoms with Crippen LogP contribution in [0.2, 0.25) is 5.04 Å². The van der Waals surface area contributed by atoms with Gasteiger partial charge in [0.1, 0.15) is 0 Å². The van der Waals surface area contributed by atoms with Crippen LogP contribution in [0.1, 0.15) is 81.7 Å². The fourth-order valence-electron chi connectivity index (χ4n) is 4.02. The zero-order valence-corrected chi connectivity index (χ0v) is 25.7. The molecule has 0 saturated carbocycles. The molecule has 0 radical (unpaired) electrons. The third kappa shape index (κ3) is 13.5. The van der Waals surface area contributed by atoms with E-state index >= 15 is 0 Å². The Labute approximate surface area is 211 Å². The first-order valence-corrected chi connectivity index (χ1v) is 13.4. The molecular weight excluding hydrogens is 442 g/mol. The number of rotatable bonds is 8. The minimum absolute atomic E-state index is 0.0320. The van der Waals surface area contributed by atoms with Crippen molar-refractivity contribution in [2.24, 2.45) is 45.1 Å². The van der Waals surface area contributed by atoms with E-state index in [0.29, 0.717) is 29.6 Å². The maximum Gasteiger partial charge on any atom is 0.0621 e. The first-order chi connectivity index (χ1) is 15.7. The van der Waals surface area contributed by atoms with E-state index < -0.39 is 0 Å². The van der Waals surface area contributed by atoms with E-state index in [2.05, 4.69) is 60.5 Å². The van der Waals surface area contributed by atoms with E-state index in [1.165, 1.54) is 5.56 Å². The Morgan fingerprint density at radius 1 is 0.676 bits per heavy atom. The van der Waals surface area contributed by atoms with Crippen LogP contribution in [-0.2, 0) is 6.42 Å². The van der Waals surface area contributed by atoms with Gasteiger partial charge in [-0.3, -0.25) is 0 Å². The molecule has 0 amide bonds. The molecule has 1 unspecified atom stereocenters. The Balaban J connectivity index is 0. The van der Waals surface area contributed by atoms with E-state index in [9.17, 15) is 0 Å². The van der Waals surface area contributed by atoms with Crippen LogP contribution in [0.15, 0.2) is 45.8 Å². The van der Waals surface area contributed by atoms with Gasteiger partial charge >= 0.3 is 0 Å². The van der Waals surface area contributed by atoms with Crippen LogP contribution in [0.3, 0.4) is 0 Å². The van der Waals surface area contributed by atoms with Gasteiger partial charge < -0.3 is 15.6 Å². The van der Waals surface area contributed by atoms with E-state index in [4.69, 9.17) is 15.6 Å². The van der Waals surface area contributed by atoms with Crippen molar-refractivity contribution in [3.63, 3.8) is 0 Å². The van der Waals surface area contributed by atoms with Crippen molar-refractivity contribution in [3.8, 4) is 0 Å². The van der Waals surface area contributed by atoms with Gasteiger partial charge in [-0.05, 0) is 46.6 Å². The van der Waals surface area contributed by atoms with Gasteiger partial charge in [0.25, 0.3) is 0 Å². The van der Waals surface area contributed by atoms with Crippen LogP contribution in [0, 0.1) is 29.6 Å². The summed E-state index contributed by atoms with van der Waals surface area (Å²) in [6.45, 7) is 22.5. The highest BCUT2D eigenvalue weighted by Gasteiger charge is 2.28. The summed E-state index contributed by atoms with van der Waals surface area (Å²) >= 11 is 0. The zero-order chi connectivity index (χ0) is 27.1. The Hall–Kier alpha value is -2.15. The van der Waals surface area contributed by atoms with E-state index in [1.807, 2.05) is 61.5 Å². The lowest BCUT2D eigenvalue weighted by Gasteiger charge is -2.28. The van der Waals surface area contributed by atoms with Gasteiger partial charge in [-0.25, -0.2) is 0 Å². The molecule has 0 spiro atoms. The standard InChI is InChI=1S/C13H21NOSi.2C7H15NO/c1-10(2)12(14-15)13(3,16)9-11-7-5-4-6-8-11;2*1-5(2)7(8-9)6(3)4/h4-8,10,15H,9H2,1-3,16H3;2*5-6,9H,1-4H3. The van der Waals surface area contributed by atoms with Gasteiger partial charge in [0, 0.05) is 10.2 Å². The third-order valence-electron chi connectivity index (χ3n) is 5.43. The molecule has 0 bridgehead atoms. The highest BCUT2D eigenvalue weighted by Crippen LogP contribution is 2.31. The van der Waals surface area contributed by atoms with Crippen molar-refractivity contribution in [1.29, 1.82) is 0 Å². The lowest BCUT2D eigenvalue weighted by Crippen LogP contribution is -2.28. The molecule has 0 aliphatic rings. The zero-order valence-electron chi connectivity index (χ0n) is 23.7. The van der Waals surface area contributed by atoms with Gasteiger partial charge in [0.15, 0.2) is 0 Å². The number of oxime groups is 3. The molecule has 0 aliphatic heterocycles. The van der Waals surface area contributed by atoms with Gasteiger partial charge in [-0.15, -0.1) is 0 Å². The second kappa shape index (κ2) is 17.3. The van der Waals surface area contributed by atoms with Crippen LogP contribution in [-0.4, -0.2) is 43.0 Å². The van der Waals surface area contributed by atoms with E-state index in [1.54, 1.807) is 0 Å². The van der Waals surface area contributed by atoms with E-state index in [0.717, 1.165) is 33.8 Å². The number of benzene rings is 1. The average Bonchev–Trinajstić information content (AvgIpc) is 2.69. The summed E-state index contributed by atoms with van der Waals surface area (Å²) in [7, 11) is 0.983. The molecule has 0 fully saturated rings. The largest absolute Gasteiger partial charge is 0.411 e. The second-order valence-electron chi connectivity index (χ2n) is 10.9. The first-order valence-electron chi connectivity index (χ1n) is 12.4. The lowest BCUT2D eigenvalue weighted by molar-refractivity contribution is 0.311. The molecule has 1 atom stereocenters. The maximum absolute atomic E-state index is 9.12. The molecule has 1 rings (SSSR count). The monoisotopic (exact) mass is 493 g/mol. The van der Waals surface area contributed by atoms with Crippen molar-refractivity contribution < 1.29 is 15.6 Å². The average molecular weight is 494 g/mol. The molecule has 0 heterocycles. The molecule has 0 aromatic heterocycles. The number of hydrogen-bond acceptors (Lipinski definition) is 6. The number of hydrogen-bond donors (Lipinski definition) is 3. The van der Waals surface area contributed by atoms with Crippen LogP contribution >= 0.6 is 0 Å². The normalized spacial score (nSPS) is 13.2. The molecule has 1 aromatic carbocycles. The summed E-state index contributed by atoms with van der Waals surface area (Å²) in [6.07, 6.45) is 0.956. The molecule has 1 aromatic rings. The molecule has 34 heavy (non-hydrogen) atoms. The summed E-state index contributed by atoms with van der Waals surface area (Å²) in [4.78, 5) is 0. The van der Waals surface area contributed by atoms with Crippen LogP contribution < -0.4 is 0 Å². The minimum Gasteiger partial charge on any atom is -0.411 e. The Morgan fingerprint density at radius 3 is 1.24 bits per heavy atom. The fourth-order valence-corrected chi connectivity index (χ4v) is 5.11. The van der Waals surface area contributed by atoms with Crippen molar-refractivity contribution in [2.75, 3.05) is 0 Å². The predicted octanol–water partition coefficient (Wildman–Crippen LogP) is 6.52. The third-order valence-corrected chi connectivity index (χ3v) is 6.30. The van der Waals surface area contributed by atoms with Crippen LogP contribution in [0.5, 0.6) is 0 Å². The molecular formula is C27H51N3O3Si. The van der Waals surface area contributed by atoms with Gasteiger partial charge in [-0.2, -0.15) is 0 Å². The lowest BCUT2D eigenvalue weighted by atomic mass is 9.89. The van der Waals surface area contributed by atoms with Crippen molar-refractivity contribution >= 4 is 27.4 Å². The first kappa shape index (κ1) is 34.0. The number of nitrogens with zero attached hydrogens (tertiary/aromatic N) is 3. The Bertz CT molecular complexity index is 706. The van der Waals surface area contributed by atoms with Crippen molar-refractivity contribution in [2.45, 2.75) is 87.6 Å². The summed E-state index contributed by atoms with van der Waals surface area (Å²) in [5.41, 5.74) is 3.97. The molecule has 0 saturated heterocycles. The topological polar surface area (TPSA) is 97.8 Å². The van der Waals surface area contributed by atoms with Crippen molar-refractivity contribution in [3.05, 3.63) is 35.9 Å². The van der Waals surface area contributed by atoms with Gasteiger partial charge in [0.05, 0.1) is 17.1 Å². The molecule has 7 heteroatoms. The van der Waals surface area contributed by atoms with Crippen LogP contribution in [0.4, 0.5) is 0 Å². The smallest absolute Gasteiger partial charge is 0.0621 e.